The first kappa shape index (κ1) is 15.3. The normalized spacial score (nSPS) is 11.8. The van der Waals surface area contributed by atoms with Crippen LogP contribution in [0.5, 0.6) is 0 Å². The molecule has 0 saturated carbocycles. The molecular formula is C15H16ClN3O2. The Labute approximate surface area is 128 Å². The Morgan fingerprint density at radius 1 is 1.33 bits per heavy atom. The van der Waals surface area contributed by atoms with E-state index in [1.807, 2.05) is 31.2 Å². The van der Waals surface area contributed by atoms with E-state index in [0.29, 0.717) is 5.69 Å². The van der Waals surface area contributed by atoms with E-state index in [-0.39, 0.29) is 11.7 Å². The number of benzene rings is 1. The number of aryl methyl sites for hydroxylation is 1. The molecule has 0 spiro atoms. The Balaban J connectivity index is 1.90. The second kappa shape index (κ2) is 7.06. The monoisotopic (exact) mass is 305 g/mol. The van der Waals surface area contributed by atoms with E-state index in [0.717, 1.165) is 11.1 Å². The predicted molar refractivity (Wildman–Crippen MR) is 82.4 cm³/mol. The van der Waals surface area contributed by atoms with Gasteiger partial charge in [0.05, 0.1) is 11.8 Å². The number of hydrogen-bond donors (Lipinski definition) is 3. The van der Waals surface area contributed by atoms with E-state index in [2.05, 4.69) is 15.6 Å². The molecule has 110 valence electrons. The third-order valence-electron chi connectivity index (χ3n) is 3.01. The number of aromatic nitrogens is 1. The van der Waals surface area contributed by atoms with Gasteiger partial charge in [-0.2, -0.15) is 0 Å². The zero-order valence-corrected chi connectivity index (χ0v) is 12.3. The second-order valence-electron chi connectivity index (χ2n) is 4.55. The fourth-order valence-electron chi connectivity index (χ4n) is 1.91. The van der Waals surface area contributed by atoms with Gasteiger partial charge in [0.15, 0.2) is 5.15 Å². The SMILES string of the molecule is Cc1ccccc1C(O)CNC(=O)Nc1cccnc1Cl. The summed E-state index contributed by atoms with van der Waals surface area (Å²) in [6.07, 6.45) is 0.772. The minimum absolute atomic E-state index is 0.106. The smallest absolute Gasteiger partial charge is 0.319 e. The summed E-state index contributed by atoms with van der Waals surface area (Å²) in [5.74, 6) is 0. The largest absolute Gasteiger partial charge is 0.387 e. The van der Waals surface area contributed by atoms with Crippen LogP contribution in [0.2, 0.25) is 5.15 Å². The summed E-state index contributed by atoms with van der Waals surface area (Å²) in [7, 11) is 0. The summed E-state index contributed by atoms with van der Waals surface area (Å²) < 4.78 is 0. The van der Waals surface area contributed by atoms with Crippen LogP contribution in [-0.2, 0) is 0 Å². The van der Waals surface area contributed by atoms with Gasteiger partial charge in [-0.05, 0) is 30.2 Å². The van der Waals surface area contributed by atoms with E-state index in [4.69, 9.17) is 11.6 Å². The quantitative estimate of drug-likeness (QED) is 0.760. The topological polar surface area (TPSA) is 74.2 Å². The first-order chi connectivity index (χ1) is 10.1. The van der Waals surface area contributed by atoms with Crippen molar-refractivity contribution < 1.29 is 9.90 Å². The number of carbonyl (C=O) groups is 1. The van der Waals surface area contributed by atoms with Crippen molar-refractivity contribution in [1.29, 1.82) is 0 Å². The summed E-state index contributed by atoms with van der Waals surface area (Å²) >= 11 is 5.84. The summed E-state index contributed by atoms with van der Waals surface area (Å²) in [5, 5.41) is 15.5. The summed E-state index contributed by atoms with van der Waals surface area (Å²) in [6.45, 7) is 2.02. The van der Waals surface area contributed by atoms with Gasteiger partial charge < -0.3 is 15.7 Å². The van der Waals surface area contributed by atoms with Gasteiger partial charge in [-0.1, -0.05) is 35.9 Å². The van der Waals surface area contributed by atoms with Crippen LogP contribution >= 0.6 is 11.6 Å². The van der Waals surface area contributed by atoms with Crippen molar-refractivity contribution in [3.8, 4) is 0 Å². The van der Waals surface area contributed by atoms with Crippen LogP contribution in [0.4, 0.5) is 10.5 Å². The van der Waals surface area contributed by atoms with Crippen molar-refractivity contribution >= 4 is 23.3 Å². The molecule has 6 heteroatoms. The van der Waals surface area contributed by atoms with E-state index < -0.39 is 12.1 Å². The molecule has 1 aromatic carbocycles. The highest BCUT2D eigenvalue weighted by Crippen LogP contribution is 2.18. The number of aliphatic hydroxyl groups is 1. The lowest BCUT2D eigenvalue weighted by Crippen LogP contribution is -2.32. The maximum absolute atomic E-state index is 11.8. The number of aliphatic hydroxyl groups excluding tert-OH is 1. The van der Waals surface area contributed by atoms with Gasteiger partial charge in [-0.25, -0.2) is 9.78 Å². The lowest BCUT2D eigenvalue weighted by molar-refractivity contribution is 0.174. The van der Waals surface area contributed by atoms with Gasteiger partial charge in [0, 0.05) is 12.7 Å². The van der Waals surface area contributed by atoms with Crippen LogP contribution in [0, 0.1) is 6.92 Å². The van der Waals surface area contributed by atoms with E-state index >= 15 is 0 Å². The standard InChI is InChI=1S/C15H16ClN3O2/c1-10-5-2-3-6-11(10)13(20)9-18-15(21)19-12-7-4-8-17-14(12)16/h2-8,13,20H,9H2,1H3,(H2,18,19,21). The fraction of sp³-hybridized carbons (Fsp3) is 0.200. The molecule has 0 aliphatic heterocycles. The Bertz CT molecular complexity index is 634. The van der Waals surface area contributed by atoms with Crippen molar-refractivity contribution in [2.75, 3.05) is 11.9 Å². The molecular weight excluding hydrogens is 290 g/mol. The van der Waals surface area contributed by atoms with E-state index in [9.17, 15) is 9.90 Å². The van der Waals surface area contributed by atoms with Gasteiger partial charge in [-0.3, -0.25) is 0 Å². The molecule has 0 aliphatic carbocycles. The number of urea groups is 1. The Morgan fingerprint density at radius 3 is 2.81 bits per heavy atom. The number of amides is 2. The zero-order valence-electron chi connectivity index (χ0n) is 11.5. The third-order valence-corrected chi connectivity index (χ3v) is 3.31. The molecule has 0 saturated heterocycles. The molecule has 1 unspecified atom stereocenters. The van der Waals surface area contributed by atoms with Crippen LogP contribution < -0.4 is 10.6 Å². The van der Waals surface area contributed by atoms with Crippen LogP contribution in [0.25, 0.3) is 0 Å². The van der Waals surface area contributed by atoms with Crippen LogP contribution in [-0.4, -0.2) is 22.7 Å². The Kier molecular flexibility index (Phi) is 5.14. The molecule has 5 nitrogen and oxygen atoms in total. The molecule has 1 heterocycles. The summed E-state index contributed by atoms with van der Waals surface area (Å²) in [6, 6.07) is 10.4. The minimum atomic E-state index is -0.763. The van der Waals surface area contributed by atoms with E-state index in [1.165, 1.54) is 6.20 Å². The predicted octanol–water partition coefficient (Wildman–Crippen LogP) is 2.90. The summed E-state index contributed by atoms with van der Waals surface area (Å²) in [5.41, 5.74) is 2.18. The Morgan fingerprint density at radius 2 is 2.10 bits per heavy atom. The Hall–Kier alpha value is -2.11. The van der Waals surface area contributed by atoms with E-state index in [1.54, 1.807) is 12.1 Å². The lowest BCUT2D eigenvalue weighted by atomic mass is 10.0. The maximum Gasteiger partial charge on any atom is 0.319 e. The van der Waals surface area contributed by atoms with Crippen LogP contribution in [0.3, 0.4) is 0 Å². The highest BCUT2D eigenvalue weighted by Gasteiger charge is 2.12. The van der Waals surface area contributed by atoms with Crippen molar-refractivity contribution in [2.24, 2.45) is 0 Å². The maximum atomic E-state index is 11.8. The highest BCUT2D eigenvalue weighted by atomic mass is 35.5. The van der Waals surface area contributed by atoms with Gasteiger partial charge in [0.1, 0.15) is 0 Å². The minimum Gasteiger partial charge on any atom is -0.387 e. The highest BCUT2D eigenvalue weighted by molar-refractivity contribution is 6.32. The number of pyridine rings is 1. The molecule has 3 N–H and O–H groups in total. The fourth-order valence-corrected chi connectivity index (χ4v) is 2.07. The average Bonchev–Trinajstić information content (AvgIpc) is 2.48. The zero-order chi connectivity index (χ0) is 15.2. The molecule has 0 radical (unpaired) electrons. The summed E-state index contributed by atoms with van der Waals surface area (Å²) in [4.78, 5) is 15.6. The second-order valence-corrected chi connectivity index (χ2v) is 4.91. The van der Waals surface area contributed by atoms with Gasteiger partial charge in [0.25, 0.3) is 0 Å². The number of rotatable bonds is 4. The van der Waals surface area contributed by atoms with Crippen LogP contribution in [0.1, 0.15) is 17.2 Å². The molecule has 2 rings (SSSR count). The van der Waals surface area contributed by atoms with Crippen molar-refractivity contribution in [2.45, 2.75) is 13.0 Å². The molecule has 0 fully saturated rings. The number of anilines is 1. The van der Waals surface area contributed by atoms with Crippen molar-refractivity contribution in [3.05, 3.63) is 58.9 Å². The first-order valence-corrected chi connectivity index (χ1v) is 6.84. The van der Waals surface area contributed by atoms with Crippen LogP contribution in [0.15, 0.2) is 42.6 Å². The third kappa shape index (κ3) is 4.18. The number of halogens is 1. The van der Waals surface area contributed by atoms with Gasteiger partial charge in [-0.15, -0.1) is 0 Å². The number of nitrogens with zero attached hydrogens (tertiary/aromatic N) is 1. The first-order valence-electron chi connectivity index (χ1n) is 6.47. The lowest BCUT2D eigenvalue weighted by Gasteiger charge is -2.15. The molecule has 1 atom stereocenters. The van der Waals surface area contributed by atoms with Crippen molar-refractivity contribution in [3.63, 3.8) is 0 Å². The number of carbonyl (C=O) groups excluding carboxylic acids is 1. The molecule has 2 aromatic rings. The molecule has 1 aromatic heterocycles. The molecule has 0 bridgehead atoms. The number of hydrogen-bond acceptors (Lipinski definition) is 3. The average molecular weight is 306 g/mol. The molecule has 0 aliphatic rings. The number of nitrogens with one attached hydrogen (secondary N) is 2. The molecule has 2 amide bonds. The van der Waals surface area contributed by atoms with Gasteiger partial charge >= 0.3 is 6.03 Å². The molecule has 21 heavy (non-hydrogen) atoms. The van der Waals surface area contributed by atoms with Gasteiger partial charge in [0.2, 0.25) is 0 Å². The van der Waals surface area contributed by atoms with Crippen molar-refractivity contribution in [1.82, 2.24) is 10.3 Å².